The number of carbonyl (C=O) groups excluding carboxylic acids is 1. The highest BCUT2D eigenvalue weighted by Gasteiger charge is 2.19. The Morgan fingerprint density at radius 2 is 1.22 bits per heavy atom. The smallest absolute Gasteiger partial charge is 0.410 e. The van der Waals surface area contributed by atoms with Gasteiger partial charge in [0, 0.05) is 0 Å². The van der Waals surface area contributed by atoms with Crippen molar-refractivity contribution in [2.45, 2.75) is 0 Å². The van der Waals surface area contributed by atoms with Gasteiger partial charge in [0.05, 0.1) is 11.4 Å². The summed E-state index contributed by atoms with van der Waals surface area (Å²) in [6, 6.07) is 23.7. The van der Waals surface area contributed by atoms with E-state index >= 15 is 0 Å². The van der Waals surface area contributed by atoms with Crippen LogP contribution in [0.1, 0.15) is 0 Å². The Balaban J connectivity index is 1.92. The summed E-state index contributed by atoms with van der Waals surface area (Å²) in [5, 5.41) is 0. The number of carbonyl (C=O) groups is 1. The number of nitrogens with zero attached hydrogens (tertiary/aromatic N) is 1. The van der Waals surface area contributed by atoms with Gasteiger partial charge in [-0.3, -0.25) is 0 Å². The highest BCUT2D eigenvalue weighted by atomic mass is 19.1. The van der Waals surface area contributed by atoms with Gasteiger partial charge in [0.1, 0.15) is 11.6 Å². The Morgan fingerprint density at radius 3 is 1.70 bits per heavy atom. The fourth-order valence-corrected chi connectivity index (χ4v) is 2.16. The number of hydrogen-bond donors (Lipinski definition) is 0. The first-order chi connectivity index (χ1) is 11.2. The molecule has 0 heterocycles. The molecule has 1 amide bonds. The first-order valence-corrected chi connectivity index (χ1v) is 7.11. The molecule has 0 aliphatic heterocycles. The number of halogens is 1. The fourth-order valence-electron chi connectivity index (χ4n) is 2.16. The second kappa shape index (κ2) is 6.75. The minimum absolute atomic E-state index is 0.285. The van der Waals surface area contributed by atoms with Gasteiger partial charge in [-0.1, -0.05) is 36.4 Å². The highest BCUT2D eigenvalue weighted by molar-refractivity contribution is 5.97. The number of amides is 1. The summed E-state index contributed by atoms with van der Waals surface area (Å²) < 4.78 is 18.3. The molecule has 0 unspecified atom stereocenters. The summed E-state index contributed by atoms with van der Waals surface area (Å²) >= 11 is 0. The molecule has 3 nitrogen and oxygen atoms in total. The van der Waals surface area contributed by atoms with Crippen molar-refractivity contribution in [2.75, 3.05) is 4.90 Å². The molecule has 0 bridgehead atoms. The summed E-state index contributed by atoms with van der Waals surface area (Å²) in [5.74, 6) is -0.0963. The zero-order valence-corrected chi connectivity index (χ0v) is 12.2. The van der Waals surface area contributed by atoms with Gasteiger partial charge in [0.2, 0.25) is 0 Å². The van der Waals surface area contributed by atoms with Gasteiger partial charge in [-0.05, 0) is 48.5 Å². The molecule has 0 aliphatic carbocycles. The molecule has 3 aromatic rings. The van der Waals surface area contributed by atoms with Crippen molar-refractivity contribution in [3.8, 4) is 5.75 Å². The molecule has 0 atom stereocenters. The maximum Gasteiger partial charge on any atom is 0.424 e. The molecular formula is C19H14FNO2. The van der Waals surface area contributed by atoms with Crippen LogP contribution < -0.4 is 9.64 Å². The Hall–Kier alpha value is -3.14. The van der Waals surface area contributed by atoms with Crippen LogP contribution in [-0.4, -0.2) is 6.09 Å². The first-order valence-electron chi connectivity index (χ1n) is 7.11. The van der Waals surface area contributed by atoms with E-state index in [4.69, 9.17) is 4.74 Å². The van der Waals surface area contributed by atoms with Gasteiger partial charge >= 0.3 is 6.09 Å². The molecule has 0 N–H and O–H groups in total. The highest BCUT2D eigenvalue weighted by Crippen LogP contribution is 2.26. The molecular weight excluding hydrogens is 293 g/mol. The van der Waals surface area contributed by atoms with Crippen LogP contribution in [0, 0.1) is 5.82 Å². The van der Waals surface area contributed by atoms with Gasteiger partial charge in [-0.2, -0.15) is 0 Å². The van der Waals surface area contributed by atoms with E-state index in [0.29, 0.717) is 11.4 Å². The average molecular weight is 307 g/mol. The number of anilines is 2. The molecule has 23 heavy (non-hydrogen) atoms. The second-order valence-electron chi connectivity index (χ2n) is 4.83. The van der Waals surface area contributed by atoms with E-state index in [1.165, 1.54) is 29.2 Å². The SMILES string of the molecule is O=C(Oc1ccc(F)cc1)N(c1ccccc1)c1ccccc1. The second-order valence-corrected chi connectivity index (χ2v) is 4.83. The van der Waals surface area contributed by atoms with Crippen LogP contribution in [0.5, 0.6) is 5.75 Å². The number of benzene rings is 3. The third-order valence-electron chi connectivity index (χ3n) is 3.23. The molecule has 0 aromatic heterocycles. The van der Waals surface area contributed by atoms with Crippen molar-refractivity contribution < 1.29 is 13.9 Å². The van der Waals surface area contributed by atoms with E-state index in [0.717, 1.165) is 0 Å². The maximum atomic E-state index is 13.0. The molecule has 3 aromatic carbocycles. The third kappa shape index (κ3) is 3.55. The third-order valence-corrected chi connectivity index (χ3v) is 3.23. The monoisotopic (exact) mass is 307 g/mol. The van der Waals surface area contributed by atoms with Crippen LogP contribution in [0.2, 0.25) is 0 Å². The Morgan fingerprint density at radius 1 is 0.739 bits per heavy atom. The zero-order chi connectivity index (χ0) is 16.1. The van der Waals surface area contributed by atoms with E-state index in [-0.39, 0.29) is 11.6 Å². The average Bonchev–Trinajstić information content (AvgIpc) is 2.59. The summed E-state index contributed by atoms with van der Waals surface area (Å²) in [6.45, 7) is 0. The Kier molecular flexibility index (Phi) is 4.34. The van der Waals surface area contributed by atoms with Gasteiger partial charge in [-0.25, -0.2) is 14.1 Å². The van der Waals surface area contributed by atoms with Crippen LogP contribution in [0.4, 0.5) is 20.6 Å². The van der Waals surface area contributed by atoms with Crippen molar-refractivity contribution in [3.05, 3.63) is 90.7 Å². The number of para-hydroxylation sites is 2. The maximum absolute atomic E-state index is 13.0. The summed E-state index contributed by atoms with van der Waals surface area (Å²) in [4.78, 5) is 14.1. The van der Waals surface area contributed by atoms with E-state index in [2.05, 4.69) is 0 Å². The summed E-state index contributed by atoms with van der Waals surface area (Å²) in [6.07, 6.45) is -0.561. The summed E-state index contributed by atoms with van der Waals surface area (Å²) in [5.41, 5.74) is 1.37. The van der Waals surface area contributed by atoms with Crippen LogP contribution in [0.15, 0.2) is 84.9 Å². The van der Waals surface area contributed by atoms with Gasteiger partial charge < -0.3 is 4.74 Å². The lowest BCUT2D eigenvalue weighted by molar-refractivity contribution is 0.210. The van der Waals surface area contributed by atoms with E-state index in [1.807, 2.05) is 60.7 Å². The van der Waals surface area contributed by atoms with Crippen molar-refractivity contribution in [1.29, 1.82) is 0 Å². The first kappa shape index (κ1) is 14.8. The normalized spacial score (nSPS) is 10.1. The Labute approximate surface area is 133 Å². The lowest BCUT2D eigenvalue weighted by Gasteiger charge is -2.22. The van der Waals surface area contributed by atoms with Gasteiger partial charge in [0.15, 0.2) is 0 Å². The predicted octanol–water partition coefficient (Wildman–Crippen LogP) is 5.16. The molecule has 0 radical (unpaired) electrons. The van der Waals surface area contributed by atoms with Gasteiger partial charge in [-0.15, -0.1) is 0 Å². The lowest BCUT2D eigenvalue weighted by Crippen LogP contribution is -2.29. The molecule has 0 fully saturated rings. The van der Waals surface area contributed by atoms with Crippen LogP contribution >= 0.6 is 0 Å². The van der Waals surface area contributed by atoms with Gasteiger partial charge in [0.25, 0.3) is 0 Å². The number of rotatable bonds is 3. The topological polar surface area (TPSA) is 29.5 Å². The Bertz CT molecular complexity index is 734. The van der Waals surface area contributed by atoms with Crippen LogP contribution in [0.25, 0.3) is 0 Å². The minimum atomic E-state index is -0.561. The molecule has 114 valence electrons. The molecule has 0 aliphatic rings. The quantitative estimate of drug-likeness (QED) is 0.668. The largest absolute Gasteiger partial charge is 0.424 e. The van der Waals surface area contributed by atoms with E-state index in [1.54, 1.807) is 0 Å². The lowest BCUT2D eigenvalue weighted by atomic mass is 10.2. The minimum Gasteiger partial charge on any atom is -0.410 e. The standard InChI is InChI=1S/C19H14FNO2/c20-15-11-13-18(14-12-15)23-19(22)21(16-7-3-1-4-8-16)17-9-5-2-6-10-17/h1-14H. The molecule has 3 rings (SSSR count). The van der Waals surface area contributed by atoms with E-state index < -0.39 is 6.09 Å². The zero-order valence-electron chi connectivity index (χ0n) is 12.2. The van der Waals surface area contributed by atoms with E-state index in [9.17, 15) is 9.18 Å². The van der Waals surface area contributed by atoms with Crippen LogP contribution in [0.3, 0.4) is 0 Å². The molecule has 0 spiro atoms. The molecule has 4 heteroatoms. The van der Waals surface area contributed by atoms with Crippen LogP contribution in [-0.2, 0) is 0 Å². The number of ether oxygens (including phenoxy) is 1. The number of hydrogen-bond acceptors (Lipinski definition) is 2. The fraction of sp³-hybridized carbons (Fsp3) is 0. The molecule has 0 saturated heterocycles. The van der Waals surface area contributed by atoms with Crippen molar-refractivity contribution in [2.24, 2.45) is 0 Å². The van der Waals surface area contributed by atoms with Crippen molar-refractivity contribution in [3.63, 3.8) is 0 Å². The van der Waals surface area contributed by atoms with Crippen molar-refractivity contribution >= 4 is 17.5 Å². The van der Waals surface area contributed by atoms with Crippen molar-refractivity contribution in [1.82, 2.24) is 0 Å². The summed E-state index contributed by atoms with van der Waals surface area (Å²) in [7, 11) is 0. The predicted molar refractivity (Wildman–Crippen MR) is 87.4 cm³/mol. The molecule has 0 saturated carbocycles.